The number of ether oxygens (including phenoxy) is 1. The minimum atomic E-state index is -0.372. The van der Waals surface area contributed by atoms with E-state index in [9.17, 15) is 14.9 Å². The van der Waals surface area contributed by atoms with Gasteiger partial charge in [0.05, 0.1) is 4.91 Å². The van der Waals surface area contributed by atoms with E-state index in [1.807, 2.05) is 43.3 Å². The molecule has 0 atom stereocenters. The predicted octanol–water partition coefficient (Wildman–Crippen LogP) is 3.85. The molecule has 9 heteroatoms. The maximum Gasteiger partial charge on any atom is 0.270 e. The molecule has 2 aromatic rings. The van der Waals surface area contributed by atoms with Gasteiger partial charge in [0, 0.05) is 38.9 Å². The second-order valence-corrected chi connectivity index (χ2v) is 9.46. The van der Waals surface area contributed by atoms with Gasteiger partial charge in [0.2, 0.25) is 0 Å². The molecule has 0 unspecified atom stereocenters. The van der Waals surface area contributed by atoms with Crippen molar-refractivity contribution in [3.8, 4) is 6.07 Å². The minimum Gasteiger partial charge on any atom is -0.382 e. The fourth-order valence-corrected chi connectivity index (χ4v) is 5.00. The number of thioether (sulfide) groups is 1. The van der Waals surface area contributed by atoms with Gasteiger partial charge in [-0.15, -0.1) is 0 Å². The van der Waals surface area contributed by atoms with E-state index < -0.39 is 0 Å². The van der Waals surface area contributed by atoms with E-state index in [-0.39, 0.29) is 17.0 Å². The average Bonchev–Trinajstić information content (AvgIpc) is 3.10. The van der Waals surface area contributed by atoms with Crippen molar-refractivity contribution in [2.45, 2.75) is 26.7 Å². The SMILES string of the molecule is CCOCCCN1C(=O)/C(=C\c2c(C)c(C#N)c(=O)n(C)c2NCCc2ccccc2)SC1=S. The molecule has 0 aliphatic carbocycles. The van der Waals surface area contributed by atoms with E-state index >= 15 is 0 Å². The second kappa shape index (κ2) is 12.0. The highest BCUT2D eigenvalue weighted by Gasteiger charge is 2.32. The molecule has 34 heavy (non-hydrogen) atoms. The van der Waals surface area contributed by atoms with Crippen molar-refractivity contribution >= 4 is 46.1 Å². The largest absolute Gasteiger partial charge is 0.382 e. The molecule has 0 spiro atoms. The maximum absolute atomic E-state index is 13.1. The average molecular weight is 497 g/mol. The summed E-state index contributed by atoms with van der Waals surface area (Å²) in [4.78, 5) is 27.9. The number of hydrogen-bond donors (Lipinski definition) is 1. The second-order valence-electron chi connectivity index (χ2n) is 7.78. The molecular formula is C25H28N4O3S2. The van der Waals surface area contributed by atoms with Crippen LogP contribution in [0.4, 0.5) is 5.82 Å². The summed E-state index contributed by atoms with van der Waals surface area (Å²) >= 11 is 6.67. The molecule has 1 aliphatic rings. The number of amides is 1. The Labute approximate surface area is 209 Å². The standard InChI is InChI=1S/C25H28N4O3S2/c1-4-32-14-8-13-29-24(31)21(34-25(29)33)15-19-17(2)20(16-26)23(30)28(3)22(19)27-12-11-18-9-6-5-7-10-18/h5-7,9-10,15,27H,4,8,11-14H2,1-3H3/b21-15+. The number of rotatable bonds is 10. The van der Waals surface area contributed by atoms with Crippen LogP contribution in [-0.2, 0) is 23.0 Å². The monoisotopic (exact) mass is 496 g/mol. The van der Waals surface area contributed by atoms with Gasteiger partial charge in [0.1, 0.15) is 21.8 Å². The summed E-state index contributed by atoms with van der Waals surface area (Å²) in [5, 5.41) is 12.9. The van der Waals surface area contributed by atoms with E-state index in [4.69, 9.17) is 17.0 Å². The molecule has 3 rings (SSSR count). The van der Waals surface area contributed by atoms with Crippen molar-refractivity contribution in [2.75, 3.05) is 31.6 Å². The molecule has 0 bridgehead atoms. The number of nitriles is 1. The Morgan fingerprint density at radius 2 is 2.00 bits per heavy atom. The van der Waals surface area contributed by atoms with Crippen molar-refractivity contribution < 1.29 is 9.53 Å². The van der Waals surface area contributed by atoms with Crippen LogP contribution < -0.4 is 10.9 Å². The maximum atomic E-state index is 13.1. The van der Waals surface area contributed by atoms with Gasteiger partial charge in [-0.1, -0.05) is 54.3 Å². The first-order valence-electron chi connectivity index (χ1n) is 11.1. The first kappa shape index (κ1) is 25.7. The van der Waals surface area contributed by atoms with Gasteiger partial charge in [0.25, 0.3) is 11.5 Å². The van der Waals surface area contributed by atoms with Crippen molar-refractivity contribution in [3.63, 3.8) is 0 Å². The summed E-state index contributed by atoms with van der Waals surface area (Å²) in [7, 11) is 1.63. The van der Waals surface area contributed by atoms with Gasteiger partial charge >= 0.3 is 0 Å². The fourth-order valence-electron chi connectivity index (χ4n) is 3.71. The number of nitrogens with zero attached hydrogens (tertiary/aromatic N) is 3. The highest BCUT2D eigenvalue weighted by Crippen LogP contribution is 2.34. The third-order valence-corrected chi connectivity index (χ3v) is 6.95. The summed E-state index contributed by atoms with van der Waals surface area (Å²) in [5.41, 5.74) is 2.04. The number of carbonyl (C=O) groups excluding carboxylic acids is 1. The molecule has 178 valence electrons. The zero-order valence-electron chi connectivity index (χ0n) is 19.6. The van der Waals surface area contributed by atoms with E-state index in [1.54, 1.807) is 24.9 Å². The molecule has 0 radical (unpaired) electrons. The van der Waals surface area contributed by atoms with Gasteiger partial charge in [0.15, 0.2) is 0 Å². The Morgan fingerprint density at radius 1 is 1.26 bits per heavy atom. The van der Waals surface area contributed by atoms with E-state index in [0.29, 0.717) is 58.9 Å². The number of hydrogen-bond acceptors (Lipinski definition) is 7. The number of pyridine rings is 1. The molecule has 2 heterocycles. The van der Waals surface area contributed by atoms with Crippen molar-refractivity contribution in [1.82, 2.24) is 9.47 Å². The lowest BCUT2D eigenvalue weighted by Crippen LogP contribution is -2.29. The number of thiocarbonyl (C=S) groups is 1. The van der Waals surface area contributed by atoms with E-state index in [1.165, 1.54) is 21.9 Å². The van der Waals surface area contributed by atoms with Gasteiger partial charge in [-0.2, -0.15) is 5.26 Å². The Bertz CT molecular complexity index is 1200. The first-order chi connectivity index (χ1) is 16.4. The van der Waals surface area contributed by atoms with Gasteiger partial charge in [-0.05, 0) is 43.9 Å². The molecule has 1 fully saturated rings. The highest BCUT2D eigenvalue weighted by atomic mass is 32.2. The molecule has 7 nitrogen and oxygen atoms in total. The normalized spacial score (nSPS) is 14.6. The molecule has 1 aliphatic heterocycles. The van der Waals surface area contributed by atoms with Crippen LogP contribution in [0.25, 0.3) is 6.08 Å². The summed E-state index contributed by atoms with van der Waals surface area (Å²) in [6, 6.07) is 12.0. The van der Waals surface area contributed by atoms with Crippen LogP contribution in [0.3, 0.4) is 0 Å². The Kier molecular flexibility index (Phi) is 9.05. The molecule has 1 aromatic carbocycles. The predicted molar refractivity (Wildman–Crippen MR) is 141 cm³/mol. The minimum absolute atomic E-state index is 0.0644. The van der Waals surface area contributed by atoms with Crippen molar-refractivity contribution in [1.29, 1.82) is 5.26 Å². The quantitative estimate of drug-likeness (QED) is 0.304. The zero-order valence-corrected chi connectivity index (χ0v) is 21.2. The van der Waals surface area contributed by atoms with E-state index in [2.05, 4.69) is 5.32 Å². The fraction of sp³-hybridized carbons (Fsp3) is 0.360. The van der Waals surface area contributed by atoms with Crippen LogP contribution in [0.1, 0.15) is 35.6 Å². The van der Waals surface area contributed by atoms with Crippen LogP contribution in [0.2, 0.25) is 0 Å². The zero-order chi connectivity index (χ0) is 24.7. The number of aromatic nitrogens is 1. The molecular weight excluding hydrogens is 468 g/mol. The first-order valence-corrected chi connectivity index (χ1v) is 12.4. The Balaban J connectivity index is 1.91. The summed E-state index contributed by atoms with van der Waals surface area (Å²) in [6.45, 7) is 5.93. The smallest absolute Gasteiger partial charge is 0.270 e. The topological polar surface area (TPSA) is 87.4 Å². The lowest BCUT2D eigenvalue weighted by molar-refractivity contribution is -0.122. The molecule has 1 amide bonds. The van der Waals surface area contributed by atoms with Gasteiger partial charge in [-0.3, -0.25) is 19.1 Å². The van der Waals surface area contributed by atoms with Crippen LogP contribution in [-0.4, -0.2) is 46.0 Å². The molecule has 1 N–H and O–H groups in total. The Hall–Kier alpha value is -2.93. The number of anilines is 1. The number of benzene rings is 1. The van der Waals surface area contributed by atoms with Crippen LogP contribution in [0, 0.1) is 18.3 Å². The van der Waals surface area contributed by atoms with Crippen LogP contribution >= 0.6 is 24.0 Å². The number of nitrogens with one attached hydrogen (secondary N) is 1. The Morgan fingerprint density at radius 3 is 2.68 bits per heavy atom. The van der Waals surface area contributed by atoms with Gasteiger partial charge in [-0.25, -0.2) is 0 Å². The third kappa shape index (κ3) is 5.76. The van der Waals surface area contributed by atoms with Crippen molar-refractivity contribution in [2.24, 2.45) is 7.05 Å². The summed E-state index contributed by atoms with van der Waals surface area (Å²) in [6.07, 6.45) is 3.19. The molecule has 0 saturated carbocycles. The molecule has 1 aromatic heterocycles. The third-order valence-electron chi connectivity index (χ3n) is 5.57. The molecule has 1 saturated heterocycles. The van der Waals surface area contributed by atoms with Gasteiger partial charge < -0.3 is 10.1 Å². The van der Waals surface area contributed by atoms with Crippen LogP contribution in [0.15, 0.2) is 40.0 Å². The van der Waals surface area contributed by atoms with Crippen LogP contribution in [0.5, 0.6) is 0 Å². The summed E-state index contributed by atoms with van der Waals surface area (Å²) < 4.78 is 7.29. The lowest BCUT2D eigenvalue weighted by atomic mass is 10.0. The van der Waals surface area contributed by atoms with Crippen molar-refractivity contribution in [3.05, 3.63) is 67.8 Å². The lowest BCUT2D eigenvalue weighted by Gasteiger charge is -2.18. The highest BCUT2D eigenvalue weighted by molar-refractivity contribution is 8.26. The van der Waals surface area contributed by atoms with E-state index in [0.717, 1.165) is 6.42 Å². The summed E-state index contributed by atoms with van der Waals surface area (Å²) in [5.74, 6) is 0.396. The number of carbonyl (C=O) groups is 1.